The van der Waals surface area contributed by atoms with Crippen molar-refractivity contribution in [1.29, 1.82) is 0 Å². The number of nitrogens with zero attached hydrogens (tertiary/aromatic N) is 3. The van der Waals surface area contributed by atoms with Gasteiger partial charge in [0.2, 0.25) is 0 Å². The van der Waals surface area contributed by atoms with E-state index in [2.05, 4.69) is 45.7 Å². The minimum Gasteiger partial charge on any atom is -0.353 e. The molecule has 3 nitrogen and oxygen atoms in total. The van der Waals surface area contributed by atoms with Gasteiger partial charge in [-0.15, -0.1) is 0 Å². The third-order valence-corrected chi connectivity index (χ3v) is 4.32. The second-order valence-corrected chi connectivity index (χ2v) is 6.36. The van der Waals surface area contributed by atoms with E-state index in [1.807, 2.05) is 0 Å². The highest BCUT2D eigenvalue weighted by atomic mass is 79.9. The van der Waals surface area contributed by atoms with Crippen LogP contribution in [0.2, 0.25) is 0 Å². The minimum absolute atomic E-state index is 0.381. The third kappa shape index (κ3) is 2.07. The van der Waals surface area contributed by atoms with E-state index < -0.39 is 0 Å². The first-order valence-electron chi connectivity index (χ1n) is 6.44. The predicted molar refractivity (Wildman–Crippen MR) is 72.3 cm³/mol. The largest absolute Gasteiger partial charge is 0.353 e. The molecule has 17 heavy (non-hydrogen) atoms. The fourth-order valence-corrected chi connectivity index (χ4v) is 3.42. The first-order valence-corrected chi connectivity index (χ1v) is 7.24. The molecule has 0 N–H and O–H groups in total. The van der Waals surface area contributed by atoms with Gasteiger partial charge < -0.3 is 4.90 Å². The second kappa shape index (κ2) is 4.23. The topological polar surface area (TPSA) is 29.0 Å². The van der Waals surface area contributed by atoms with Crippen LogP contribution in [0, 0.1) is 5.92 Å². The quantitative estimate of drug-likeness (QED) is 0.784. The van der Waals surface area contributed by atoms with Crippen LogP contribution in [-0.4, -0.2) is 22.6 Å². The van der Waals surface area contributed by atoms with Crippen molar-refractivity contribution in [2.24, 2.45) is 5.92 Å². The van der Waals surface area contributed by atoms with E-state index >= 15 is 0 Å². The molecule has 1 aliphatic heterocycles. The number of aromatic nitrogens is 2. The van der Waals surface area contributed by atoms with Crippen LogP contribution in [0.1, 0.15) is 44.9 Å². The molecule has 92 valence electrons. The van der Waals surface area contributed by atoms with E-state index in [1.54, 1.807) is 0 Å². The van der Waals surface area contributed by atoms with Crippen LogP contribution in [0.4, 0.5) is 5.82 Å². The maximum absolute atomic E-state index is 4.72. The molecule has 0 amide bonds. The lowest BCUT2D eigenvalue weighted by Crippen LogP contribution is -2.32. The number of halogens is 1. The molecule has 2 heterocycles. The van der Waals surface area contributed by atoms with Gasteiger partial charge in [-0.2, -0.15) is 0 Å². The lowest BCUT2D eigenvalue weighted by Gasteiger charge is -2.28. The number of fused-ring (bicyclic) bond motifs is 2. The van der Waals surface area contributed by atoms with Crippen LogP contribution >= 0.6 is 15.9 Å². The van der Waals surface area contributed by atoms with Crippen molar-refractivity contribution in [3.05, 3.63) is 16.5 Å². The molecule has 0 radical (unpaired) electrons. The van der Waals surface area contributed by atoms with Gasteiger partial charge in [-0.3, -0.25) is 0 Å². The zero-order valence-corrected chi connectivity index (χ0v) is 11.9. The van der Waals surface area contributed by atoms with Crippen LogP contribution in [0.3, 0.4) is 0 Å². The molecular formula is C13H18BrN3. The van der Waals surface area contributed by atoms with Crippen molar-refractivity contribution in [3.8, 4) is 0 Å². The summed E-state index contributed by atoms with van der Waals surface area (Å²) in [6, 6.07) is 2.79. The number of hydrogen-bond donors (Lipinski definition) is 0. The van der Waals surface area contributed by atoms with Crippen LogP contribution in [-0.2, 0) is 0 Å². The maximum atomic E-state index is 4.72. The molecular weight excluding hydrogens is 278 g/mol. The average Bonchev–Trinajstić information content (AvgIpc) is 2.89. The fourth-order valence-electron chi connectivity index (χ4n) is 3.03. The van der Waals surface area contributed by atoms with Gasteiger partial charge in [-0.25, -0.2) is 9.97 Å². The highest BCUT2D eigenvalue weighted by Gasteiger charge is 2.38. The highest BCUT2D eigenvalue weighted by molar-refractivity contribution is 9.10. The molecule has 1 aromatic rings. The standard InChI is InChI=1S/C13H18BrN3/c1-8(2)13-15-11(14)6-12(16-13)17-7-9-3-4-10(17)5-9/h6,8-10H,3-5,7H2,1-2H3. The van der Waals surface area contributed by atoms with Gasteiger partial charge in [0.05, 0.1) is 0 Å². The molecule has 1 aliphatic carbocycles. The van der Waals surface area contributed by atoms with Gasteiger partial charge >= 0.3 is 0 Å². The molecule has 2 atom stereocenters. The Morgan fingerprint density at radius 3 is 2.76 bits per heavy atom. The van der Waals surface area contributed by atoms with E-state index in [9.17, 15) is 0 Å². The normalized spacial score (nSPS) is 27.2. The molecule has 3 rings (SSSR count). The molecule has 0 spiro atoms. The number of anilines is 1. The summed E-state index contributed by atoms with van der Waals surface area (Å²) in [6.45, 7) is 5.47. The Morgan fingerprint density at radius 1 is 1.35 bits per heavy atom. The van der Waals surface area contributed by atoms with Crippen molar-refractivity contribution < 1.29 is 0 Å². The average molecular weight is 296 g/mol. The van der Waals surface area contributed by atoms with E-state index in [0.29, 0.717) is 5.92 Å². The van der Waals surface area contributed by atoms with Crippen molar-refractivity contribution in [2.75, 3.05) is 11.4 Å². The van der Waals surface area contributed by atoms with E-state index in [-0.39, 0.29) is 0 Å². The Hall–Kier alpha value is -0.640. The second-order valence-electron chi connectivity index (χ2n) is 5.55. The maximum Gasteiger partial charge on any atom is 0.134 e. The number of hydrogen-bond acceptors (Lipinski definition) is 3. The molecule has 4 heteroatoms. The summed E-state index contributed by atoms with van der Waals surface area (Å²) in [6.07, 6.45) is 4.10. The van der Waals surface area contributed by atoms with Crippen molar-refractivity contribution >= 4 is 21.7 Å². The Kier molecular flexibility index (Phi) is 2.85. The van der Waals surface area contributed by atoms with Crippen molar-refractivity contribution in [2.45, 2.75) is 45.1 Å². The predicted octanol–water partition coefficient (Wildman–Crippen LogP) is 3.35. The molecule has 2 bridgehead atoms. The fraction of sp³-hybridized carbons (Fsp3) is 0.692. The summed E-state index contributed by atoms with van der Waals surface area (Å²) in [5.41, 5.74) is 0. The van der Waals surface area contributed by atoms with Crippen LogP contribution in [0.5, 0.6) is 0 Å². The first-order chi connectivity index (χ1) is 8.13. The minimum atomic E-state index is 0.381. The molecule has 2 unspecified atom stereocenters. The summed E-state index contributed by atoms with van der Waals surface area (Å²) in [5, 5.41) is 0. The lowest BCUT2D eigenvalue weighted by atomic mass is 10.1. The zero-order valence-electron chi connectivity index (χ0n) is 10.4. The van der Waals surface area contributed by atoms with Crippen molar-refractivity contribution in [1.82, 2.24) is 9.97 Å². The molecule has 0 aromatic carbocycles. The molecule has 2 fully saturated rings. The SMILES string of the molecule is CC(C)c1nc(Br)cc(N2CC3CCC2C3)n1. The van der Waals surface area contributed by atoms with E-state index in [4.69, 9.17) is 4.98 Å². The van der Waals surface area contributed by atoms with Gasteiger partial charge in [-0.1, -0.05) is 13.8 Å². The van der Waals surface area contributed by atoms with Gasteiger partial charge in [0.1, 0.15) is 16.2 Å². The van der Waals surface area contributed by atoms with Gasteiger partial charge in [0, 0.05) is 24.6 Å². The van der Waals surface area contributed by atoms with Crippen molar-refractivity contribution in [3.63, 3.8) is 0 Å². The zero-order chi connectivity index (χ0) is 12.0. The molecule has 2 aliphatic rings. The summed E-state index contributed by atoms with van der Waals surface area (Å²) in [7, 11) is 0. The van der Waals surface area contributed by atoms with Crippen LogP contribution in [0.15, 0.2) is 10.7 Å². The molecule has 1 saturated carbocycles. The van der Waals surface area contributed by atoms with Crippen LogP contribution in [0.25, 0.3) is 0 Å². The summed E-state index contributed by atoms with van der Waals surface area (Å²) < 4.78 is 0.911. The Balaban J connectivity index is 1.92. The molecule has 1 saturated heterocycles. The lowest BCUT2D eigenvalue weighted by molar-refractivity contribution is 0.548. The monoisotopic (exact) mass is 295 g/mol. The summed E-state index contributed by atoms with van der Waals surface area (Å²) in [4.78, 5) is 11.6. The summed E-state index contributed by atoms with van der Waals surface area (Å²) >= 11 is 3.50. The first kappa shape index (κ1) is 11.5. The summed E-state index contributed by atoms with van der Waals surface area (Å²) in [5.74, 6) is 3.34. The van der Waals surface area contributed by atoms with Gasteiger partial charge in [0.15, 0.2) is 0 Å². The van der Waals surface area contributed by atoms with Gasteiger partial charge in [0.25, 0.3) is 0 Å². The number of piperidine rings is 1. The van der Waals surface area contributed by atoms with Gasteiger partial charge in [-0.05, 0) is 41.1 Å². The number of rotatable bonds is 2. The highest BCUT2D eigenvalue weighted by Crippen LogP contribution is 2.40. The van der Waals surface area contributed by atoms with E-state index in [1.165, 1.54) is 25.8 Å². The smallest absolute Gasteiger partial charge is 0.134 e. The Morgan fingerprint density at radius 2 is 2.18 bits per heavy atom. The Bertz CT molecular complexity index is 433. The third-order valence-electron chi connectivity index (χ3n) is 3.92. The molecule has 1 aromatic heterocycles. The van der Waals surface area contributed by atoms with Crippen LogP contribution < -0.4 is 4.90 Å². The Labute approximate surface area is 111 Å². The van der Waals surface area contributed by atoms with E-state index in [0.717, 1.165) is 28.2 Å².